The molecule has 1 aromatic rings. The molecule has 24 heavy (non-hydrogen) atoms. The molecule has 1 aliphatic heterocycles. The average Bonchev–Trinajstić information content (AvgIpc) is 3.46. The van der Waals surface area contributed by atoms with Gasteiger partial charge in [-0.25, -0.2) is 0 Å². The molecule has 5 heteroatoms. The average molecular weight is 329 g/mol. The fraction of sp³-hybridized carbons (Fsp3) is 0.579. The van der Waals surface area contributed by atoms with Crippen molar-refractivity contribution in [2.24, 2.45) is 5.92 Å². The monoisotopic (exact) mass is 329 g/mol. The van der Waals surface area contributed by atoms with Gasteiger partial charge in [-0.15, -0.1) is 0 Å². The summed E-state index contributed by atoms with van der Waals surface area (Å²) in [4.78, 5) is 28.5. The minimum Gasteiger partial charge on any atom is -0.354 e. The lowest BCUT2D eigenvalue weighted by Crippen LogP contribution is -2.55. The van der Waals surface area contributed by atoms with E-state index in [4.69, 9.17) is 0 Å². The Morgan fingerprint density at radius 2 is 1.79 bits per heavy atom. The second-order valence-electron chi connectivity index (χ2n) is 6.84. The van der Waals surface area contributed by atoms with E-state index >= 15 is 0 Å². The first-order chi connectivity index (χ1) is 11.6. The molecule has 1 aliphatic carbocycles. The molecule has 1 N–H and O–H groups in total. The van der Waals surface area contributed by atoms with Crippen molar-refractivity contribution in [1.29, 1.82) is 0 Å². The molecular weight excluding hydrogens is 302 g/mol. The van der Waals surface area contributed by atoms with E-state index in [9.17, 15) is 9.59 Å². The molecule has 0 aromatic heterocycles. The van der Waals surface area contributed by atoms with Gasteiger partial charge < -0.3 is 10.2 Å². The van der Waals surface area contributed by atoms with Crippen LogP contribution in [0, 0.1) is 5.92 Å². The maximum Gasteiger partial charge on any atom is 0.237 e. The molecule has 3 rings (SSSR count). The van der Waals surface area contributed by atoms with E-state index in [1.165, 1.54) is 5.56 Å². The number of rotatable bonds is 6. The van der Waals surface area contributed by atoms with Crippen molar-refractivity contribution in [3.63, 3.8) is 0 Å². The molecule has 1 atom stereocenters. The van der Waals surface area contributed by atoms with E-state index in [2.05, 4.69) is 22.3 Å². The van der Waals surface area contributed by atoms with Crippen molar-refractivity contribution >= 4 is 11.8 Å². The molecular formula is C19H27N3O2. The van der Waals surface area contributed by atoms with Crippen LogP contribution in [0.15, 0.2) is 30.3 Å². The first kappa shape index (κ1) is 17.0. The Balaban J connectivity index is 1.38. The Kier molecular flexibility index (Phi) is 5.51. The molecule has 2 amide bonds. The number of nitrogens with zero attached hydrogens (tertiary/aromatic N) is 2. The zero-order chi connectivity index (χ0) is 16.9. The lowest BCUT2D eigenvalue weighted by molar-refractivity contribution is -0.135. The number of nitrogens with one attached hydrogen (secondary N) is 1. The second kappa shape index (κ2) is 7.79. The van der Waals surface area contributed by atoms with Gasteiger partial charge in [0, 0.05) is 38.6 Å². The van der Waals surface area contributed by atoms with Crippen LogP contribution in [0.1, 0.15) is 25.3 Å². The number of hydrogen-bond donors (Lipinski definition) is 1. The summed E-state index contributed by atoms with van der Waals surface area (Å²) in [7, 11) is 0. The van der Waals surface area contributed by atoms with Crippen LogP contribution in [0.3, 0.4) is 0 Å². The van der Waals surface area contributed by atoms with Crippen LogP contribution in [-0.2, 0) is 16.0 Å². The number of carbonyl (C=O) groups is 2. The number of amides is 2. The summed E-state index contributed by atoms with van der Waals surface area (Å²) in [6, 6.07) is 10.0. The molecule has 0 bridgehead atoms. The fourth-order valence-corrected chi connectivity index (χ4v) is 3.21. The molecule has 1 heterocycles. The van der Waals surface area contributed by atoms with Gasteiger partial charge in [0.2, 0.25) is 11.8 Å². The van der Waals surface area contributed by atoms with Gasteiger partial charge >= 0.3 is 0 Å². The van der Waals surface area contributed by atoms with Crippen molar-refractivity contribution in [2.45, 2.75) is 32.2 Å². The largest absolute Gasteiger partial charge is 0.354 e. The van der Waals surface area contributed by atoms with Gasteiger partial charge in [0.1, 0.15) is 0 Å². The van der Waals surface area contributed by atoms with E-state index < -0.39 is 0 Å². The Labute approximate surface area is 144 Å². The summed E-state index contributed by atoms with van der Waals surface area (Å²) in [5.74, 6) is 0.678. The van der Waals surface area contributed by atoms with Gasteiger partial charge in [-0.2, -0.15) is 0 Å². The van der Waals surface area contributed by atoms with Crippen LogP contribution >= 0.6 is 0 Å². The number of hydrogen-bond acceptors (Lipinski definition) is 3. The highest BCUT2D eigenvalue weighted by Crippen LogP contribution is 2.31. The summed E-state index contributed by atoms with van der Waals surface area (Å²) in [5.41, 5.74) is 1.23. The third-order valence-electron chi connectivity index (χ3n) is 5.04. The lowest BCUT2D eigenvalue weighted by atomic mass is 10.1. The van der Waals surface area contributed by atoms with Gasteiger partial charge in [-0.05, 0) is 31.7 Å². The van der Waals surface area contributed by atoms with Crippen LogP contribution in [0.5, 0.6) is 0 Å². The SMILES string of the molecule is CC(C(=O)NCCc1ccccc1)N1CCN(C(=O)C2CC2)CC1. The maximum absolute atomic E-state index is 12.3. The molecule has 2 aliphatic rings. The van der Waals surface area contributed by atoms with Crippen LogP contribution in [0.2, 0.25) is 0 Å². The molecule has 130 valence electrons. The van der Waals surface area contributed by atoms with Gasteiger partial charge in [-0.3, -0.25) is 14.5 Å². The Morgan fingerprint density at radius 1 is 1.12 bits per heavy atom. The molecule has 0 radical (unpaired) electrons. The predicted octanol–water partition coefficient (Wildman–Crippen LogP) is 1.29. The zero-order valence-corrected chi connectivity index (χ0v) is 14.4. The summed E-state index contributed by atoms with van der Waals surface area (Å²) in [5, 5.41) is 3.03. The van der Waals surface area contributed by atoms with Crippen molar-refractivity contribution in [2.75, 3.05) is 32.7 Å². The van der Waals surface area contributed by atoms with Crippen molar-refractivity contribution < 1.29 is 9.59 Å². The van der Waals surface area contributed by atoms with E-state index in [-0.39, 0.29) is 17.9 Å². The van der Waals surface area contributed by atoms with E-state index in [0.29, 0.717) is 12.5 Å². The highest BCUT2D eigenvalue weighted by molar-refractivity contribution is 5.82. The first-order valence-corrected chi connectivity index (χ1v) is 8.99. The standard InChI is InChI=1S/C19H27N3O2/c1-15(18(23)20-10-9-16-5-3-2-4-6-16)21-11-13-22(14-12-21)19(24)17-7-8-17/h2-6,15,17H,7-14H2,1H3,(H,20,23). The third kappa shape index (κ3) is 4.35. The highest BCUT2D eigenvalue weighted by Gasteiger charge is 2.35. The predicted molar refractivity (Wildman–Crippen MR) is 93.5 cm³/mol. The summed E-state index contributed by atoms with van der Waals surface area (Å²) in [6.07, 6.45) is 2.96. The Morgan fingerprint density at radius 3 is 2.42 bits per heavy atom. The maximum atomic E-state index is 12.3. The fourth-order valence-electron chi connectivity index (χ4n) is 3.21. The third-order valence-corrected chi connectivity index (χ3v) is 5.04. The van der Waals surface area contributed by atoms with E-state index in [1.807, 2.05) is 30.0 Å². The van der Waals surface area contributed by atoms with Crippen molar-refractivity contribution in [3.8, 4) is 0 Å². The summed E-state index contributed by atoms with van der Waals surface area (Å²) >= 11 is 0. The molecule has 1 saturated carbocycles. The number of benzene rings is 1. The topological polar surface area (TPSA) is 52.7 Å². The van der Waals surface area contributed by atoms with Crippen LogP contribution in [-0.4, -0.2) is 60.4 Å². The molecule has 1 unspecified atom stereocenters. The smallest absolute Gasteiger partial charge is 0.237 e. The molecule has 2 fully saturated rings. The van der Waals surface area contributed by atoms with Gasteiger partial charge in [-0.1, -0.05) is 30.3 Å². The molecule has 5 nitrogen and oxygen atoms in total. The van der Waals surface area contributed by atoms with Gasteiger partial charge in [0.05, 0.1) is 6.04 Å². The lowest BCUT2D eigenvalue weighted by Gasteiger charge is -2.37. The summed E-state index contributed by atoms with van der Waals surface area (Å²) in [6.45, 7) is 5.68. The van der Waals surface area contributed by atoms with Gasteiger partial charge in [0.15, 0.2) is 0 Å². The first-order valence-electron chi connectivity index (χ1n) is 8.99. The van der Waals surface area contributed by atoms with Gasteiger partial charge in [0.25, 0.3) is 0 Å². The van der Waals surface area contributed by atoms with E-state index in [0.717, 1.165) is 45.4 Å². The Hall–Kier alpha value is -1.88. The van der Waals surface area contributed by atoms with Crippen LogP contribution in [0.25, 0.3) is 0 Å². The molecule has 1 aromatic carbocycles. The zero-order valence-electron chi connectivity index (χ0n) is 14.4. The second-order valence-corrected chi connectivity index (χ2v) is 6.84. The van der Waals surface area contributed by atoms with E-state index in [1.54, 1.807) is 0 Å². The van der Waals surface area contributed by atoms with Crippen molar-refractivity contribution in [3.05, 3.63) is 35.9 Å². The normalized spacial score (nSPS) is 19.8. The number of piperazine rings is 1. The Bertz CT molecular complexity index is 563. The minimum atomic E-state index is -0.140. The molecule has 0 spiro atoms. The molecule has 1 saturated heterocycles. The minimum absolute atomic E-state index is 0.0768. The van der Waals surface area contributed by atoms with Crippen LogP contribution < -0.4 is 5.32 Å². The number of carbonyl (C=O) groups excluding carboxylic acids is 2. The van der Waals surface area contributed by atoms with Crippen molar-refractivity contribution in [1.82, 2.24) is 15.1 Å². The van der Waals surface area contributed by atoms with Crippen LogP contribution in [0.4, 0.5) is 0 Å². The summed E-state index contributed by atoms with van der Waals surface area (Å²) < 4.78 is 0. The highest BCUT2D eigenvalue weighted by atomic mass is 16.2. The quantitative estimate of drug-likeness (QED) is 0.856.